The highest BCUT2D eigenvalue weighted by Crippen LogP contribution is 2.52. The summed E-state index contributed by atoms with van der Waals surface area (Å²) in [7, 11) is 1.48. The molecule has 5 rings (SSSR count). The third kappa shape index (κ3) is 3.08. The van der Waals surface area contributed by atoms with Gasteiger partial charge in [0.2, 0.25) is 5.78 Å². The molecule has 0 aromatic heterocycles. The van der Waals surface area contributed by atoms with Gasteiger partial charge in [0.15, 0.2) is 0 Å². The molecule has 178 valence electrons. The van der Waals surface area contributed by atoms with Crippen LogP contribution in [0.4, 0.5) is 0 Å². The van der Waals surface area contributed by atoms with E-state index in [2.05, 4.69) is 0 Å². The molecule has 4 aromatic rings. The van der Waals surface area contributed by atoms with Crippen LogP contribution in [0.15, 0.2) is 42.5 Å². The van der Waals surface area contributed by atoms with Crippen LogP contribution >= 0.6 is 0 Å². The van der Waals surface area contributed by atoms with Gasteiger partial charge in [0.1, 0.15) is 34.5 Å². The lowest BCUT2D eigenvalue weighted by Crippen LogP contribution is -2.30. The number of carbonyl (C=O) groups excluding carboxylic acids is 1. The predicted octanol–water partition coefficient (Wildman–Crippen LogP) is 5.22. The van der Waals surface area contributed by atoms with Crippen molar-refractivity contribution in [1.29, 1.82) is 0 Å². The van der Waals surface area contributed by atoms with Crippen molar-refractivity contribution in [3.05, 3.63) is 70.3 Å². The summed E-state index contributed by atoms with van der Waals surface area (Å²) < 4.78 is 5.22. The second-order valence-electron chi connectivity index (χ2n) is 9.42. The molecule has 0 amide bonds. The third-order valence-electron chi connectivity index (χ3n) is 6.89. The summed E-state index contributed by atoms with van der Waals surface area (Å²) in [4.78, 5) is 13.6. The number of rotatable bonds is 2. The minimum Gasteiger partial charge on any atom is -0.508 e. The van der Waals surface area contributed by atoms with Crippen LogP contribution in [0.5, 0.6) is 34.5 Å². The standard InChI is InChI=1S/C28H24O7/c1-12-5-16(35-4)11-21(32)22(12)17-8-14(29)6-13-7-18-25(26(33)23(13)17)27(34)24-19(28(18,2)3)9-15(30)10-20(24)31/h5-11,29-33H,1-4H3. The fraction of sp³-hybridized carbons (Fsp3) is 0.179. The smallest absolute Gasteiger partial charge is 0.201 e. The van der Waals surface area contributed by atoms with Crippen molar-refractivity contribution in [1.82, 2.24) is 0 Å². The van der Waals surface area contributed by atoms with Crippen molar-refractivity contribution in [2.45, 2.75) is 26.2 Å². The first-order valence-electron chi connectivity index (χ1n) is 11.0. The molecule has 0 saturated heterocycles. The molecule has 35 heavy (non-hydrogen) atoms. The molecule has 1 aliphatic rings. The quantitative estimate of drug-likeness (QED) is 0.271. The van der Waals surface area contributed by atoms with E-state index < -0.39 is 11.2 Å². The van der Waals surface area contributed by atoms with Gasteiger partial charge in [-0.25, -0.2) is 0 Å². The van der Waals surface area contributed by atoms with Crippen LogP contribution in [0.2, 0.25) is 0 Å². The van der Waals surface area contributed by atoms with Crippen LogP contribution in [0.3, 0.4) is 0 Å². The number of methoxy groups -OCH3 is 1. The Labute approximate surface area is 201 Å². The number of phenols is 5. The van der Waals surface area contributed by atoms with Crippen molar-refractivity contribution >= 4 is 16.6 Å². The molecule has 0 heterocycles. The van der Waals surface area contributed by atoms with Crippen LogP contribution in [0.25, 0.3) is 21.9 Å². The van der Waals surface area contributed by atoms with E-state index in [0.717, 1.165) is 6.07 Å². The van der Waals surface area contributed by atoms with Crippen LogP contribution in [0, 0.1) is 6.92 Å². The normalized spacial score (nSPS) is 14.0. The topological polar surface area (TPSA) is 127 Å². The number of aromatic hydroxyl groups is 5. The predicted molar refractivity (Wildman–Crippen MR) is 131 cm³/mol. The van der Waals surface area contributed by atoms with Crippen molar-refractivity contribution in [3.8, 4) is 45.6 Å². The first-order chi connectivity index (χ1) is 16.4. The van der Waals surface area contributed by atoms with Gasteiger partial charge in [-0.1, -0.05) is 13.8 Å². The Kier molecular flexibility index (Phi) is 4.67. The van der Waals surface area contributed by atoms with E-state index in [9.17, 15) is 30.3 Å². The minimum absolute atomic E-state index is 0.0127. The van der Waals surface area contributed by atoms with Crippen LogP contribution < -0.4 is 4.74 Å². The highest BCUT2D eigenvalue weighted by atomic mass is 16.5. The average molecular weight is 472 g/mol. The van der Waals surface area contributed by atoms with Gasteiger partial charge < -0.3 is 30.3 Å². The SMILES string of the molecule is COc1cc(C)c(-c2cc(O)cc3cc4c(c(O)c23)C(=O)c2c(O)cc(O)cc2C4(C)C)c(O)c1. The summed E-state index contributed by atoms with van der Waals surface area (Å²) in [5, 5.41) is 54.2. The third-order valence-corrected chi connectivity index (χ3v) is 6.89. The zero-order chi connectivity index (χ0) is 25.4. The zero-order valence-corrected chi connectivity index (χ0v) is 19.6. The van der Waals surface area contributed by atoms with Crippen molar-refractivity contribution in [3.63, 3.8) is 0 Å². The van der Waals surface area contributed by atoms with Gasteiger partial charge in [-0.15, -0.1) is 0 Å². The van der Waals surface area contributed by atoms with Gasteiger partial charge in [0.05, 0.1) is 18.2 Å². The zero-order valence-electron chi connectivity index (χ0n) is 19.6. The van der Waals surface area contributed by atoms with Gasteiger partial charge >= 0.3 is 0 Å². The molecular weight excluding hydrogens is 448 g/mol. The molecule has 1 aliphatic carbocycles. The van der Waals surface area contributed by atoms with E-state index in [1.54, 1.807) is 19.1 Å². The molecule has 0 unspecified atom stereocenters. The second-order valence-corrected chi connectivity index (χ2v) is 9.42. The maximum atomic E-state index is 13.6. The van der Waals surface area contributed by atoms with Crippen molar-refractivity contribution < 1.29 is 35.1 Å². The molecule has 0 aliphatic heterocycles. The first kappa shape index (κ1) is 22.4. The maximum absolute atomic E-state index is 13.6. The lowest BCUT2D eigenvalue weighted by molar-refractivity contribution is 0.102. The molecule has 7 heteroatoms. The summed E-state index contributed by atoms with van der Waals surface area (Å²) >= 11 is 0. The van der Waals surface area contributed by atoms with Gasteiger partial charge in [-0.2, -0.15) is 0 Å². The van der Waals surface area contributed by atoms with Crippen LogP contribution in [-0.4, -0.2) is 38.4 Å². The summed E-state index contributed by atoms with van der Waals surface area (Å²) in [5.74, 6) is -1.21. The highest BCUT2D eigenvalue weighted by molar-refractivity contribution is 6.20. The van der Waals surface area contributed by atoms with Crippen molar-refractivity contribution in [2.24, 2.45) is 0 Å². The number of hydrogen-bond acceptors (Lipinski definition) is 7. The average Bonchev–Trinajstić information content (AvgIpc) is 2.76. The van der Waals surface area contributed by atoms with E-state index in [1.807, 2.05) is 13.8 Å². The van der Waals surface area contributed by atoms with E-state index in [4.69, 9.17) is 4.74 Å². The molecule has 0 fully saturated rings. The van der Waals surface area contributed by atoms with Crippen molar-refractivity contribution in [2.75, 3.05) is 7.11 Å². The summed E-state index contributed by atoms with van der Waals surface area (Å²) in [6.45, 7) is 5.41. The number of benzene rings is 4. The van der Waals surface area contributed by atoms with E-state index >= 15 is 0 Å². The lowest BCUT2D eigenvalue weighted by Gasteiger charge is -2.35. The monoisotopic (exact) mass is 472 g/mol. The maximum Gasteiger partial charge on any atom is 0.201 e. The molecule has 0 bridgehead atoms. The number of hydrogen-bond donors (Lipinski definition) is 5. The molecule has 5 N–H and O–H groups in total. The van der Waals surface area contributed by atoms with Gasteiger partial charge in [0, 0.05) is 34.1 Å². The molecule has 4 aromatic carbocycles. The highest BCUT2D eigenvalue weighted by Gasteiger charge is 2.41. The summed E-state index contributed by atoms with van der Waals surface area (Å²) in [6, 6.07) is 10.3. The van der Waals surface area contributed by atoms with Gasteiger partial charge in [-0.3, -0.25) is 4.79 Å². The number of ether oxygens (including phenoxy) is 1. The van der Waals surface area contributed by atoms with E-state index in [-0.39, 0.29) is 45.3 Å². The fourth-order valence-electron chi connectivity index (χ4n) is 5.24. The Balaban J connectivity index is 1.90. The Morgan fingerprint density at radius 3 is 2.03 bits per heavy atom. The largest absolute Gasteiger partial charge is 0.508 e. The number of ketones is 1. The molecule has 7 nitrogen and oxygen atoms in total. The molecular formula is C28H24O7. The number of phenolic OH excluding ortho intramolecular Hbond substituents is 5. The van der Waals surface area contributed by atoms with Gasteiger partial charge in [0.25, 0.3) is 0 Å². The number of aryl methyl sites for hydroxylation is 1. The Hall–Kier alpha value is -4.39. The fourth-order valence-corrected chi connectivity index (χ4v) is 5.24. The van der Waals surface area contributed by atoms with Gasteiger partial charge in [-0.05, 0) is 59.3 Å². The summed E-state index contributed by atoms with van der Waals surface area (Å²) in [5.41, 5.74) is 1.42. The van der Waals surface area contributed by atoms with Crippen LogP contribution in [-0.2, 0) is 5.41 Å². The molecule has 0 spiro atoms. The molecule has 0 saturated carbocycles. The first-order valence-corrected chi connectivity index (χ1v) is 11.0. The van der Waals surface area contributed by atoms with E-state index in [1.165, 1.54) is 31.4 Å². The molecule has 0 radical (unpaired) electrons. The summed E-state index contributed by atoms with van der Waals surface area (Å²) in [6.07, 6.45) is 0. The number of fused-ring (bicyclic) bond motifs is 3. The molecule has 0 atom stereocenters. The Morgan fingerprint density at radius 1 is 0.743 bits per heavy atom. The second kappa shape index (κ2) is 7.30. The lowest BCUT2D eigenvalue weighted by atomic mass is 9.67. The van der Waals surface area contributed by atoms with Crippen LogP contribution in [0.1, 0.15) is 46.5 Å². The Bertz CT molecular complexity index is 1560. The van der Waals surface area contributed by atoms with E-state index in [0.29, 0.717) is 39.0 Å². The number of carbonyl (C=O) groups is 1. The Morgan fingerprint density at radius 2 is 1.37 bits per heavy atom. The minimum atomic E-state index is -0.871.